The summed E-state index contributed by atoms with van der Waals surface area (Å²) in [7, 11) is 0. The fourth-order valence-electron chi connectivity index (χ4n) is 8.96. The van der Waals surface area contributed by atoms with Crippen molar-refractivity contribution < 1.29 is 86.1 Å². The zero-order valence-corrected chi connectivity index (χ0v) is 51.3. The molecule has 4 aromatic rings. The molecule has 5 N–H and O–H groups in total. The fourth-order valence-corrected chi connectivity index (χ4v) is 8.96. The molecule has 504 valence electrons. The summed E-state index contributed by atoms with van der Waals surface area (Å²) in [5, 5.41) is 14.2. The van der Waals surface area contributed by atoms with Crippen LogP contribution in [-0.2, 0) is 34.2 Å². The number of nitrogens with zero attached hydrogens (tertiary/aromatic N) is 7. The minimum absolute atomic E-state index is 0.193. The summed E-state index contributed by atoms with van der Waals surface area (Å²) < 4.78 is 161. The number of carbonyl (C=O) groups excluding carboxylic acids is 5. The Hall–Kier alpha value is -7.96. The molecule has 4 saturated heterocycles. The molecule has 31 heteroatoms. The van der Waals surface area contributed by atoms with Crippen molar-refractivity contribution in [2.45, 2.75) is 103 Å². The first-order chi connectivity index (χ1) is 42.4. The Balaban J connectivity index is 0.000000228. The molecular formula is C60H78F12N12O7. The Kier molecular flexibility index (Phi) is 26.6. The van der Waals surface area contributed by atoms with Crippen LogP contribution in [-0.4, -0.2) is 176 Å². The molecule has 0 unspecified atom stereocenters. The number of benzene rings is 3. The molecule has 0 spiro atoms. The molecule has 8 rings (SSSR count). The van der Waals surface area contributed by atoms with E-state index in [9.17, 15) is 76.7 Å². The van der Waals surface area contributed by atoms with Gasteiger partial charge in [-0.25, -0.2) is 29.0 Å². The van der Waals surface area contributed by atoms with Crippen LogP contribution in [0.1, 0.15) is 89.5 Å². The molecule has 1 aromatic heterocycles. The molecule has 0 aliphatic carbocycles. The van der Waals surface area contributed by atoms with Crippen LogP contribution in [0.15, 0.2) is 91.1 Å². The number of hydrogen-bond donors (Lipinski definition) is 5. The second-order valence-electron chi connectivity index (χ2n) is 23.2. The number of alkyl halides is 12. The van der Waals surface area contributed by atoms with E-state index in [1.807, 2.05) is 20.8 Å². The standard InChI is InChI=1S/C19H18F6N4O.C18H24F3N3O3.C13H16F3N3O.C10H20N2O2/c20-18(21,22)13-2-5-15(6-3-13)27-17(30)29-9-1-8-28(10-11-29)16-7-4-14(12-26-16)19(23,24)25;1-17(2,3)27-16(26)24-10-4-9-23(11-12-24)15(25)22-14-7-5-13(6-8-14)18(19,20)21;14-13(15,16)10-2-4-11(5-3-10)18-12(20)19-8-1-6-17-7-9-19;1-10(2,3)14-9(13)12-7-4-5-11-6-8-12/h2-7,12H,1,8-11H2,(H,27,30);5-8H,4,9-12H2,1-3H3,(H,22,25);2-5,17H,1,6-9H2,(H,18,20);11H,4-8H2,1-3H3. The van der Waals surface area contributed by atoms with E-state index in [0.717, 1.165) is 101 Å². The largest absolute Gasteiger partial charge is 0.444 e. The van der Waals surface area contributed by atoms with Gasteiger partial charge in [-0.2, -0.15) is 52.7 Å². The summed E-state index contributed by atoms with van der Waals surface area (Å²) in [6.45, 7) is 20.3. The topological polar surface area (TPSA) is 196 Å². The van der Waals surface area contributed by atoms with E-state index in [-0.39, 0.29) is 30.0 Å². The summed E-state index contributed by atoms with van der Waals surface area (Å²) in [5.41, 5.74) is -3.26. The lowest BCUT2D eigenvalue weighted by atomic mass is 10.2. The van der Waals surface area contributed by atoms with Crippen LogP contribution in [0.4, 0.5) is 99.5 Å². The summed E-state index contributed by atoms with van der Waals surface area (Å²) in [4.78, 5) is 74.2. The van der Waals surface area contributed by atoms with Crippen LogP contribution in [0.25, 0.3) is 0 Å². The quantitative estimate of drug-likeness (QED) is 0.122. The fraction of sp³-hybridized carbons (Fsp3) is 0.533. The molecule has 0 radical (unpaired) electrons. The zero-order chi connectivity index (χ0) is 67.4. The second kappa shape index (κ2) is 32.9. The molecule has 8 amide bonds. The van der Waals surface area contributed by atoms with Gasteiger partial charge in [-0.1, -0.05) is 0 Å². The van der Waals surface area contributed by atoms with E-state index >= 15 is 0 Å². The minimum Gasteiger partial charge on any atom is -0.444 e. The maximum atomic E-state index is 12.7. The molecule has 0 saturated carbocycles. The van der Waals surface area contributed by atoms with Crippen molar-refractivity contribution in [1.29, 1.82) is 0 Å². The smallest absolute Gasteiger partial charge is 0.417 e. The highest BCUT2D eigenvalue weighted by atomic mass is 19.4. The number of aromatic nitrogens is 1. The van der Waals surface area contributed by atoms with Gasteiger partial charge in [0.2, 0.25) is 0 Å². The van der Waals surface area contributed by atoms with Gasteiger partial charge < -0.3 is 65.5 Å². The first-order valence-electron chi connectivity index (χ1n) is 29.3. The van der Waals surface area contributed by atoms with E-state index in [1.165, 1.54) is 52.3 Å². The number of pyridine rings is 1. The Morgan fingerprint density at radius 1 is 0.374 bits per heavy atom. The van der Waals surface area contributed by atoms with E-state index in [1.54, 1.807) is 40.4 Å². The van der Waals surface area contributed by atoms with Gasteiger partial charge in [-0.15, -0.1) is 0 Å². The van der Waals surface area contributed by atoms with Crippen LogP contribution in [0.5, 0.6) is 0 Å². The molecule has 0 bridgehead atoms. The van der Waals surface area contributed by atoms with Crippen molar-refractivity contribution in [1.82, 2.24) is 40.1 Å². The second-order valence-corrected chi connectivity index (χ2v) is 23.2. The first-order valence-corrected chi connectivity index (χ1v) is 29.3. The lowest BCUT2D eigenvalue weighted by Crippen LogP contribution is -2.41. The van der Waals surface area contributed by atoms with Gasteiger partial charge in [-0.05, 0) is 165 Å². The molecule has 4 aliphatic heterocycles. The van der Waals surface area contributed by atoms with Gasteiger partial charge in [0.15, 0.2) is 0 Å². The third-order valence-corrected chi connectivity index (χ3v) is 13.6. The van der Waals surface area contributed by atoms with Crippen LogP contribution in [0.3, 0.4) is 0 Å². The van der Waals surface area contributed by atoms with E-state index < -0.39 is 76.3 Å². The van der Waals surface area contributed by atoms with Crippen molar-refractivity contribution in [2.24, 2.45) is 0 Å². The number of amides is 8. The summed E-state index contributed by atoms with van der Waals surface area (Å²) in [6, 6.07) is 13.9. The number of anilines is 4. The third-order valence-electron chi connectivity index (χ3n) is 13.6. The van der Waals surface area contributed by atoms with Crippen LogP contribution < -0.4 is 31.5 Å². The van der Waals surface area contributed by atoms with Gasteiger partial charge in [0, 0.05) is 115 Å². The third kappa shape index (κ3) is 26.1. The van der Waals surface area contributed by atoms with Crippen LogP contribution >= 0.6 is 0 Å². The average Bonchev–Trinajstić information content (AvgIpc) is 2.63. The number of carbonyl (C=O) groups is 5. The zero-order valence-electron chi connectivity index (χ0n) is 51.3. The van der Waals surface area contributed by atoms with Crippen molar-refractivity contribution in [3.63, 3.8) is 0 Å². The number of urea groups is 3. The van der Waals surface area contributed by atoms with Crippen LogP contribution in [0.2, 0.25) is 0 Å². The summed E-state index contributed by atoms with van der Waals surface area (Å²) >= 11 is 0. The molecule has 5 heterocycles. The molecule has 4 aliphatic rings. The predicted octanol–water partition coefficient (Wildman–Crippen LogP) is 12.8. The molecule has 91 heavy (non-hydrogen) atoms. The highest BCUT2D eigenvalue weighted by Crippen LogP contribution is 2.33. The monoisotopic (exact) mass is 1310 g/mol. The summed E-state index contributed by atoms with van der Waals surface area (Å²) in [6.07, 6.45) is -14.5. The Morgan fingerprint density at radius 3 is 1.05 bits per heavy atom. The average molecular weight is 1310 g/mol. The van der Waals surface area contributed by atoms with Gasteiger partial charge >= 0.3 is 55.0 Å². The molecule has 3 aromatic carbocycles. The number of hydrogen-bond acceptors (Lipinski definition) is 11. The van der Waals surface area contributed by atoms with Gasteiger partial charge in [0.05, 0.1) is 22.3 Å². The summed E-state index contributed by atoms with van der Waals surface area (Å²) in [5.74, 6) is 0.382. The van der Waals surface area contributed by atoms with Crippen molar-refractivity contribution in [3.8, 4) is 0 Å². The lowest BCUT2D eigenvalue weighted by Gasteiger charge is -2.26. The van der Waals surface area contributed by atoms with Crippen molar-refractivity contribution in [2.75, 3.05) is 126 Å². The number of rotatable bonds is 4. The van der Waals surface area contributed by atoms with Gasteiger partial charge in [-0.3, -0.25) is 0 Å². The molecular weight excluding hydrogens is 1230 g/mol. The Morgan fingerprint density at radius 2 is 0.681 bits per heavy atom. The SMILES string of the molecule is CC(C)(C)OC(=O)N1CCCN(C(=O)Nc2ccc(C(F)(F)F)cc2)CC1.CC(C)(C)OC(=O)N1CCCNCC1.O=C(Nc1ccc(C(F)(F)F)cc1)N1CCCN(c2ccc(C(F)(F)F)cn2)CC1.O=C(Nc1ccc(C(F)(F)F)cc1)N1CCCNCC1. The molecule has 0 atom stereocenters. The number of halogens is 12. The van der Waals surface area contributed by atoms with Crippen molar-refractivity contribution >= 4 is 53.2 Å². The highest BCUT2D eigenvalue weighted by Gasteiger charge is 2.34. The molecule has 4 fully saturated rings. The normalized spacial score (nSPS) is 16.5. The highest BCUT2D eigenvalue weighted by molar-refractivity contribution is 5.90. The van der Waals surface area contributed by atoms with Gasteiger partial charge in [0.25, 0.3) is 0 Å². The van der Waals surface area contributed by atoms with Crippen LogP contribution in [0, 0.1) is 0 Å². The maximum absolute atomic E-state index is 12.7. The lowest BCUT2D eigenvalue weighted by molar-refractivity contribution is -0.138. The Bertz CT molecular complexity index is 2930. The van der Waals surface area contributed by atoms with E-state index in [4.69, 9.17) is 9.47 Å². The predicted molar refractivity (Wildman–Crippen MR) is 317 cm³/mol. The van der Waals surface area contributed by atoms with Crippen molar-refractivity contribution in [3.05, 3.63) is 113 Å². The maximum Gasteiger partial charge on any atom is 0.417 e. The van der Waals surface area contributed by atoms with E-state index in [2.05, 4.69) is 31.6 Å². The van der Waals surface area contributed by atoms with Gasteiger partial charge in [0.1, 0.15) is 17.0 Å². The minimum atomic E-state index is -4.46. The molecule has 19 nitrogen and oxygen atoms in total. The number of nitrogens with one attached hydrogen (secondary N) is 5. The van der Waals surface area contributed by atoms with E-state index in [0.29, 0.717) is 83.2 Å². The first kappa shape index (κ1) is 73.8. The number of ether oxygens (including phenoxy) is 2. The Labute approximate surface area is 520 Å².